The zero-order valence-corrected chi connectivity index (χ0v) is 18.6. The van der Waals surface area contributed by atoms with Gasteiger partial charge < -0.3 is 15.0 Å². The van der Waals surface area contributed by atoms with Gasteiger partial charge in [-0.3, -0.25) is 0 Å². The number of hydrogen-bond donors (Lipinski definition) is 1. The summed E-state index contributed by atoms with van der Waals surface area (Å²) in [5, 5.41) is 3.34. The van der Waals surface area contributed by atoms with Crippen LogP contribution in [0, 0.1) is 6.92 Å². The van der Waals surface area contributed by atoms with E-state index in [0.29, 0.717) is 12.6 Å². The van der Waals surface area contributed by atoms with E-state index in [9.17, 15) is 0 Å². The van der Waals surface area contributed by atoms with Crippen LogP contribution in [-0.4, -0.2) is 29.7 Å². The van der Waals surface area contributed by atoms with Crippen molar-refractivity contribution in [2.75, 3.05) is 23.9 Å². The van der Waals surface area contributed by atoms with Crippen LogP contribution in [0.15, 0.2) is 66.9 Å². The van der Waals surface area contributed by atoms with Crippen molar-refractivity contribution in [3.05, 3.63) is 78.1 Å². The number of aryl methyl sites for hydroxylation is 1. The minimum Gasteiger partial charge on any atom is -0.486 e. The zero-order chi connectivity index (χ0) is 21.8. The molecule has 1 aromatic carbocycles. The standard InChI is InChI=1S/C26H30N4O.H2/c1-5-9-18(2)23-13-12-21(14-19(23)3)28-26-27-16-24-25(29-26)30(4)22(17-31-24)15-20-10-7-6-8-11-20;/h5,7,9-14,16,22H,2,6,8,15,17H2,1,3-4H3,(H,27,28,29);1H/b9-5-;. The summed E-state index contributed by atoms with van der Waals surface area (Å²) in [4.78, 5) is 11.4. The lowest BCUT2D eigenvalue weighted by Gasteiger charge is -2.35. The van der Waals surface area contributed by atoms with Gasteiger partial charge in [0.1, 0.15) is 6.61 Å². The monoisotopic (exact) mass is 416 g/mol. The van der Waals surface area contributed by atoms with Gasteiger partial charge in [0.2, 0.25) is 5.95 Å². The number of benzene rings is 1. The number of likely N-dealkylation sites (N-methyl/N-ethyl adjacent to an activating group) is 1. The van der Waals surface area contributed by atoms with Crippen molar-refractivity contribution in [3.63, 3.8) is 0 Å². The van der Waals surface area contributed by atoms with Crippen molar-refractivity contribution in [1.29, 1.82) is 0 Å². The van der Waals surface area contributed by atoms with Gasteiger partial charge in [0.15, 0.2) is 11.6 Å². The van der Waals surface area contributed by atoms with E-state index in [1.165, 1.54) is 5.57 Å². The lowest BCUT2D eigenvalue weighted by atomic mass is 9.99. The molecule has 162 valence electrons. The van der Waals surface area contributed by atoms with E-state index >= 15 is 0 Å². The SMILES string of the molecule is C=C(/C=C\C)c1ccc(Nc2ncc3c(n2)N(C)C(CC2=CCCC=C2)CO3)cc1C.[HH]. The summed E-state index contributed by atoms with van der Waals surface area (Å²) in [5.74, 6) is 2.11. The minimum atomic E-state index is 0. The fraction of sp³-hybridized carbons (Fsp3) is 0.308. The molecule has 5 nitrogen and oxygen atoms in total. The normalized spacial score (nSPS) is 17.8. The molecule has 1 aliphatic heterocycles. The first-order valence-corrected chi connectivity index (χ1v) is 10.8. The van der Waals surface area contributed by atoms with E-state index in [1.54, 1.807) is 6.20 Å². The summed E-state index contributed by atoms with van der Waals surface area (Å²) < 4.78 is 5.98. The average molecular weight is 417 g/mol. The molecule has 5 heteroatoms. The highest BCUT2D eigenvalue weighted by atomic mass is 16.5. The van der Waals surface area contributed by atoms with Crippen molar-refractivity contribution in [3.8, 4) is 5.75 Å². The topological polar surface area (TPSA) is 50.3 Å². The Morgan fingerprint density at radius 1 is 1.39 bits per heavy atom. The highest BCUT2D eigenvalue weighted by molar-refractivity contribution is 5.76. The second kappa shape index (κ2) is 9.21. The van der Waals surface area contributed by atoms with Crippen LogP contribution < -0.4 is 15.0 Å². The van der Waals surface area contributed by atoms with Gasteiger partial charge in [-0.15, -0.1) is 0 Å². The molecule has 1 N–H and O–H groups in total. The number of allylic oxidation sites excluding steroid dienone is 6. The summed E-state index contributed by atoms with van der Waals surface area (Å²) in [5.41, 5.74) is 5.61. The van der Waals surface area contributed by atoms with Crippen molar-refractivity contribution >= 4 is 23.0 Å². The van der Waals surface area contributed by atoms with Crippen LogP contribution in [0.25, 0.3) is 5.57 Å². The molecule has 0 saturated heterocycles. The number of hydrogen-bond acceptors (Lipinski definition) is 5. The maximum Gasteiger partial charge on any atom is 0.229 e. The first kappa shape index (κ1) is 20.9. The van der Waals surface area contributed by atoms with Crippen LogP contribution in [0.4, 0.5) is 17.5 Å². The van der Waals surface area contributed by atoms with Crippen LogP contribution in [0.5, 0.6) is 5.75 Å². The van der Waals surface area contributed by atoms with E-state index in [0.717, 1.165) is 53.2 Å². The number of nitrogens with zero attached hydrogens (tertiary/aromatic N) is 3. The third-order valence-electron chi connectivity index (χ3n) is 5.79. The number of anilines is 3. The Hall–Kier alpha value is -3.34. The average Bonchev–Trinajstić information content (AvgIpc) is 2.77. The lowest BCUT2D eigenvalue weighted by molar-refractivity contribution is 0.262. The molecular formula is C26H32N4O. The van der Waals surface area contributed by atoms with Gasteiger partial charge in [-0.05, 0) is 61.9 Å². The maximum atomic E-state index is 5.98. The van der Waals surface area contributed by atoms with Gasteiger partial charge in [-0.1, -0.05) is 48.6 Å². The third kappa shape index (κ3) is 4.71. The Morgan fingerprint density at radius 2 is 2.26 bits per heavy atom. The van der Waals surface area contributed by atoms with Crippen LogP contribution in [0.2, 0.25) is 0 Å². The van der Waals surface area contributed by atoms with Gasteiger partial charge in [-0.2, -0.15) is 4.98 Å². The second-order valence-electron chi connectivity index (χ2n) is 8.10. The van der Waals surface area contributed by atoms with Gasteiger partial charge in [-0.25, -0.2) is 4.98 Å². The van der Waals surface area contributed by atoms with E-state index in [2.05, 4.69) is 66.1 Å². The van der Waals surface area contributed by atoms with Gasteiger partial charge in [0.05, 0.1) is 12.2 Å². The van der Waals surface area contributed by atoms with Crippen molar-refractivity contribution < 1.29 is 6.16 Å². The van der Waals surface area contributed by atoms with Crippen molar-refractivity contribution in [2.45, 2.75) is 39.2 Å². The first-order chi connectivity index (χ1) is 15.0. The highest BCUT2D eigenvalue weighted by Gasteiger charge is 2.27. The van der Waals surface area contributed by atoms with E-state index in [1.807, 2.05) is 25.1 Å². The first-order valence-electron chi connectivity index (χ1n) is 10.8. The summed E-state index contributed by atoms with van der Waals surface area (Å²) in [6.45, 7) is 8.86. The summed E-state index contributed by atoms with van der Waals surface area (Å²) in [7, 11) is 2.09. The van der Waals surface area contributed by atoms with E-state index in [-0.39, 0.29) is 7.47 Å². The van der Waals surface area contributed by atoms with Gasteiger partial charge in [0.25, 0.3) is 0 Å². The van der Waals surface area contributed by atoms with Crippen LogP contribution >= 0.6 is 0 Å². The van der Waals surface area contributed by atoms with E-state index in [4.69, 9.17) is 9.72 Å². The lowest BCUT2D eigenvalue weighted by Crippen LogP contribution is -2.41. The fourth-order valence-corrected chi connectivity index (χ4v) is 4.06. The molecule has 0 saturated carbocycles. The molecule has 31 heavy (non-hydrogen) atoms. The predicted octanol–water partition coefficient (Wildman–Crippen LogP) is 6.23. The van der Waals surface area contributed by atoms with Crippen LogP contribution in [0.3, 0.4) is 0 Å². The smallest absolute Gasteiger partial charge is 0.229 e. The Balaban J connectivity index is 0.00000289. The van der Waals surface area contributed by atoms with Crippen molar-refractivity contribution in [1.82, 2.24) is 9.97 Å². The second-order valence-corrected chi connectivity index (χ2v) is 8.10. The molecule has 1 aromatic heterocycles. The molecule has 0 spiro atoms. The Morgan fingerprint density at radius 3 is 3.00 bits per heavy atom. The zero-order valence-electron chi connectivity index (χ0n) is 18.6. The molecule has 0 radical (unpaired) electrons. The molecule has 1 unspecified atom stereocenters. The number of fused-ring (bicyclic) bond motifs is 1. The number of aromatic nitrogens is 2. The summed E-state index contributed by atoms with van der Waals surface area (Å²) >= 11 is 0. The third-order valence-corrected chi connectivity index (χ3v) is 5.79. The maximum absolute atomic E-state index is 5.98. The fourth-order valence-electron chi connectivity index (χ4n) is 4.06. The Kier molecular flexibility index (Phi) is 6.21. The minimum absolute atomic E-state index is 0. The molecule has 4 rings (SSSR count). The number of ether oxygens (including phenoxy) is 1. The van der Waals surface area contributed by atoms with Crippen LogP contribution in [0.1, 0.15) is 38.7 Å². The number of nitrogens with one attached hydrogen (secondary N) is 1. The molecule has 0 amide bonds. The molecule has 2 heterocycles. The van der Waals surface area contributed by atoms with Gasteiger partial charge >= 0.3 is 0 Å². The molecule has 2 aliphatic rings. The summed E-state index contributed by atoms with van der Waals surface area (Å²) in [6, 6.07) is 6.46. The van der Waals surface area contributed by atoms with Crippen LogP contribution in [-0.2, 0) is 0 Å². The molecule has 2 aromatic rings. The largest absolute Gasteiger partial charge is 0.486 e. The number of rotatable bonds is 6. The molecule has 1 aliphatic carbocycles. The highest BCUT2D eigenvalue weighted by Crippen LogP contribution is 2.34. The predicted molar refractivity (Wildman–Crippen MR) is 131 cm³/mol. The summed E-state index contributed by atoms with van der Waals surface area (Å²) in [6.07, 6.45) is 15.8. The molecule has 0 fully saturated rings. The molecule has 0 bridgehead atoms. The molecule has 1 atom stereocenters. The van der Waals surface area contributed by atoms with E-state index < -0.39 is 0 Å². The quantitative estimate of drug-likeness (QED) is 0.566. The Bertz CT molecular complexity index is 1070. The molecular weight excluding hydrogens is 384 g/mol. The Labute approximate surface area is 186 Å². The van der Waals surface area contributed by atoms with Gasteiger partial charge in [0, 0.05) is 14.2 Å². The van der Waals surface area contributed by atoms with Crippen molar-refractivity contribution in [2.24, 2.45) is 0 Å².